The van der Waals surface area contributed by atoms with Crippen LogP contribution in [-0.4, -0.2) is 27.9 Å². The second-order valence-corrected chi connectivity index (χ2v) is 5.88. The maximum Gasteiger partial charge on any atom is 0.256 e. The van der Waals surface area contributed by atoms with Gasteiger partial charge < -0.3 is 9.47 Å². The molecule has 0 bridgehead atoms. The quantitative estimate of drug-likeness (QED) is 0.416. The van der Waals surface area contributed by atoms with Gasteiger partial charge in [0.25, 0.3) is 6.04 Å². The van der Waals surface area contributed by atoms with Crippen molar-refractivity contribution in [2.75, 3.05) is 7.11 Å². The second kappa shape index (κ2) is 7.32. The number of benzene rings is 1. The van der Waals surface area contributed by atoms with Gasteiger partial charge in [-0.3, -0.25) is 30.3 Å². The van der Waals surface area contributed by atoms with Crippen LogP contribution in [0.1, 0.15) is 16.7 Å². The first-order valence-corrected chi connectivity index (χ1v) is 7.63. The fourth-order valence-electron chi connectivity index (χ4n) is 2.91. The Morgan fingerprint density at radius 2 is 1.41 bits per heavy atom. The van der Waals surface area contributed by atoms with Crippen molar-refractivity contribution in [3.8, 4) is 5.75 Å². The topological polar surface area (TPSA) is 148 Å². The van der Waals surface area contributed by atoms with Gasteiger partial charge in [-0.25, -0.2) is 0 Å². The van der Waals surface area contributed by atoms with E-state index in [9.17, 15) is 30.3 Å². The number of hydrogen-bond donors (Lipinski definition) is 0. The summed E-state index contributed by atoms with van der Waals surface area (Å²) in [5.74, 6) is -1.09. The summed E-state index contributed by atoms with van der Waals surface area (Å²) in [5.41, 5.74) is 0.384. The molecule has 1 unspecified atom stereocenters. The van der Waals surface area contributed by atoms with Crippen LogP contribution in [0.25, 0.3) is 0 Å². The van der Waals surface area contributed by atoms with Crippen molar-refractivity contribution in [2.45, 2.75) is 26.8 Å². The minimum absolute atomic E-state index is 0.204. The summed E-state index contributed by atoms with van der Waals surface area (Å²) in [7, 11) is 1.01. The molecule has 0 fully saturated rings. The van der Waals surface area contributed by atoms with E-state index in [-0.39, 0.29) is 5.75 Å². The Morgan fingerprint density at radius 1 is 0.926 bits per heavy atom. The van der Waals surface area contributed by atoms with Crippen molar-refractivity contribution >= 4 is 0 Å². The van der Waals surface area contributed by atoms with Crippen LogP contribution >= 0.6 is 0 Å². The van der Waals surface area contributed by atoms with E-state index in [4.69, 9.17) is 9.47 Å². The molecule has 0 heterocycles. The molecule has 1 atom stereocenters. The monoisotopic (exact) mass is 378 g/mol. The lowest BCUT2D eigenvalue weighted by Crippen LogP contribution is -2.36. The predicted molar refractivity (Wildman–Crippen MR) is 91.4 cm³/mol. The zero-order chi connectivity index (χ0) is 20.5. The van der Waals surface area contributed by atoms with E-state index in [1.54, 1.807) is 26.0 Å². The van der Waals surface area contributed by atoms with E-state index in [1.165, 1.54) is 0 Å². The molecule has 1 aromatic carbocycles. The maximum absolute atomic E-state index is 11.6. The number of rotatable bonds is 6. The van der Waals surface area contributed by atoms with Gasteiger partial charge >= 0.3 is 0 Å². The van der Waals surface area contributed by atoms with E-state index in [0.717, 1.165) is 12.7 Å². The summed E-state index contributed by atoms with van der Waals surface area (Å²) in [6, 6.07) is 1.47. The van der Waals surface area contributed by atoms with E-state index < -0.39 is 43.7 Å². The normalized spacial score (nSPS) is 16.7. The summed E-state index contributed by atoms with van der Waals surface area (Å²) in [6.45, 7) is 5.21. The zero-order valence-corrected chi connectivity index (χ0v) is 14.9. The molecule has 0 radical (unpaired) electrons. The molecule has 11 heteroatoms. The summed E-state index contributed by atoms with van der Waals surface area (Å²) < 4.78 is 10.5. The first-order chi connectivity index (χ1) is 12.6. The molecule has 0 aromatic heterocycles. The van der Waals surface area contributed by atoms with Crippen molar-refractivity contribution in [3.63, 3.8) is 0 Å². The molecule has 0 spiro atoms. The Bertz CT molecular complexity index is 880. The number of aryl methyl sites for hydroxylation is 3. The Morgan fingerprint density at radius 3 is 1.81 bits per heavy atom. The highest BCUT2D eigenvalue weighted by molar-refractivity contribution is 5.46. The largest absolute Gasteiger partial charge is 0.545 e. The predicted octanol–water partition coefficient (Wildman–Crippen LogP) is 2.48. The van der Waals surface area contributed by atoms with E-state index in [1.807, 2.05) is 6.92 Å². The lowest BCUT2D eigenvalue weighted by atomic mass is 10.00. The first kappa shape index (κ1) is 19.7. The molecule has 144 valence electrons. The van der Waals surface area contributed by atoms with Gasteiger partial charge in [0.2, 0.25) is 11.4 Å². The van der Waals surface area contributed by atoms with Gasteiger partial charge in [0, 0.05) is 14.8 Å². The van der Waals surface area contributed by atoms with Crippen molar-refractivity contribution in [3.05, 3.63) is 88.5 Å². The first-order valence-electron chi connectivity index (χ1n) is 7.63. The van der Waals surface area contributed by atoms with Crippen LogP contribution in [0.5, 0.6) is 5.75 Å². The van der Waals surface area contributed by atoms with Crippen molar-refractivity contribution < 1.29 is 24.2 Å². The molecule has 2 rings (SSSR count). The van der Waals surface area contributed by atoms with Gasteiger partial charge in [-0.2, -0.15) is 0 Å². The van der Waals surface area contributed by atoms with Crippen molar-refractivity contribution in [2.24, 2.45) is 0 Å². The summed E-state index contributed by atoms with van der Waals surface area (Å²) >= 11 is 0. The highest BCUT2D eigenvalue weighted by Gasteiger charge is 2.43. The van der Waals surface area contributed by atoms with Gasteiger partial charge in [-0.1, -0.05) is 17.7 Å². The highest BCUT2D eigenvalue weighted by Crippen LogP contribution is 2.36. The van der Waals surface area contributed by atoms with Crippen molar-refractivity contribution in [1.82, 2.24) is 0 Å². The molecule has 0 aliphatic heterocycles. The lowest BCUT2D eigenvalue weighted by Gasteiger charge is -2.28. The number of methoxy groups -OCH3 is 1. The summed E-state index contributed by atoms with van der Waals surface area (Å²) in [6.07, 6.45) is 0.604. The molecule has 0 saturated carbocycles. The minimum atomic E-state index is -2.03. The fraction of sp³-hybridized carbons (Fsp3) is 0.312. The lowest BCUT2D eigenvalue weighted by molar-refractivity contribution is -0.520. The Hall–Kier alpha value is -3.63. The fourth-order valence-corrected chi connectivity index (χ4v) is 2.91. The Labute approximate surface area is 153 Å². The maximum atomic E-state index is 11.6. The molecular formula is C16H16N3O8-. The average molecular weight is 378 g/mol. The minimum Gasteiger partial charge on any atom is -0.545 e. The standard InChI is InChI=1S/C16H16N3O8/c1-8-5-9(2)14(10(3)6-8)27-16-12(18(22)23)7-11(17(20)21)15(26-4)13(16)19(24)25/h5-7,13H,1-4H3/q-1. The average Bonchev–Trinajstić information content (AvgIpc) is 2.55. The van der Waals surface area contributed by atoms with Gasteiger partial charge in [0.05, 0.1) is 7.11 Å². The molecule has 0 amide bonds. The SMILES string of the molecule is COC1=C([N+](=O)[O-])[CH-]C([N+](=O)[O-])=C(Oc2c(C)cc(C)cc2C)C1[N+](=O)[O-]. The third-order valence-corrected chi connectivity index (χ3v) is 3.92. The molecule has 11 nitrogen and oxygen atoms in total. The molecule has 1 aromatic rings. The molecule has 1 aliphatic carbocycles. The molecule has 27 heavy (non-hydrogen) atoms. The number of hydrogen-bond acceptors (Lipinski definition) is 8. The number of ether oxygens (including phenoxy) is 2. The van der Waals surface area contributed by atoms with E-state index in [2.05, 4.69) is 0 Å². The van der Waals surface area contributed by atoms with E-state index >= 15 is 0 Å². The van der Waals surface area contributed by atoms with Gasteiger partial charge in [-0.15, -0.1) is 0 Å². The molecule has 1 aliphatic rings. The Kier molecular flexibility index (Phi) is 5.34. The smallest absolute Gasteiger partial charge is 0.256 e. The van der Waals surface area contributed by atoms with Crippen LogP contribution in [0.15, 0.2) is 35.0 Å². The summed E-state index contributed by atoms with van der Waals surface area (Å²) in [4.78, 5) is 31.4. The zero-order valence-electron chi connectivity index (χ0n) is 14.9. The van der Waals surface area contributed by atoms with Gasteiger partial charge in [-0.05, 0) is 38.3 Å². The second-order valence-electron chi connectivity index (χ2n) is 5.88. The molecule has 0 saturated heterocycles. The van der Waals surface area contributed by atoms with Crippen molar-refractivity contribution in [1.29, 1.82) is 0 Å². The summed E-state index contributed by atoms with van der Waals surface area (Å²) in [5, 5.41) is 34.2. The highest BCUT2D eigenvalue weighted by atomic mass is 16.7. The van der Waals surface area contributed by atoms with Crippen LogP contribution in [0, 0.1) is 57.5 Å². The number of nitro groups is 3. The van der Waals surface area contributed by atoms with Gasteiger partial charge in [0.15, 0.2) is 5.76 Å². The van der Waals surface area contributed by atoms with Gasteiger partial charge in [0.1, 0.15) is 11.5 Å². The molecule has 0 N–H and O–H groups in total. The third-order valence-electron chi connectivity index (χ3n) is 3.92. The van der Waals surface area contributed by atoms with Crippen LogP contribution in [-0.2, 0) is 4.74 Å². The van der Waals surface area contributed by atoms with Crippen LogP contribution in [0.2, 0.25) is 0 Å². The molecular weight excluding hydrogens is 362 g/mol. The van der Waals surface area contributed by atoms with Crippen LogP contribution in [0.4, 0.5) is 0 Å². The van der Waals surface area contributed by atoms with E-state index in [0.29, 0.717) is 17.5 Å². The Balaban J connectivity index is 2.69. The van der Waals surface area contributed by atoms with Crippen LogP contribution in [0.3, 0.4) is 0 Å². The van der Waals surface area contributed by atoms with Crippen LogP contribution < -0.4 is 4.74 Å². The third kappa shape index (κ3) is 3.66. The number of nitrogens with zero attached hydrogens (tertiary/aromatic N) is 3.